The van der Waals surface area contributed by atoms with Gasteiger partial charge in [-0.1, -0.05) is 43.3 Å². The highest BCUT2D eigenvalue weighted by Crippen LogP contribution is 2.30. The number of nitrogens with one attached hydrogen (secondary N) is 2. The minimum absolute atomic E-state index is 0.241. The van der Waals surface area contributed by atoms with Gasteiger partial charge in [-0.2, -0.15) is 0 Å². The van der Waals surface area contributed by atoms with Crippen LogP contribution in [0.4, 0.5) is 10.5 Å². The van der Waals surface area contributed by atoms with E-state index < -0.39 is 53.7 Å². The van der Waals surface area contributed by atoms with Crippen LogP contribution in [0.2, 0.25) is 0 Å². The Bertz CT molecular complexity index is 1260. The van der Waals surface area contributed by atoms with Crippen LogP contribution in [0.1, 0.15) is 71.3 Å². The van der Waals surface area contributed by atoms with Gasteiger partial charge in [0.15, 0.2) is 6.29 Å². The second-order valence-electron chi connectivity index (χ2n) is 12.9. The zero-order valence-corrected chi connectivity index (χ0v) is 27.6. The van der Waals surface area contributed by atoms with E-state index in [1.807, 2.05) is 44.2 Å². The van der Waals surface area contributed by atoms with Gasteiger partial charge in [-0.05, 0) is 72.2 Å². The molecule has 1 saturated heterocycles. The van der Waals surface area contributed by atoms with Gasteiger partial charge in [-0.25, -0.2) is 9.59 Å². The molecule has 1 heterocycles. The number of ether oxygens (including phenoxy) is 6. The maximum Gasteiger partial charge on any atom is 0.412 e. The molecule has 2 amide bonds. The van der Waals surface area contributed by atoms with E-state index in [1.165, 1.54) is 0 Å². The Morgan fingerprint density at radius 1 is 0.889 bits per heavy atom. The van der Waals surface area contributed by atoms with E-state index in [0.29, 0.717) is 18.9 Å². The van der Waals surface area contributed by atoms with Crippen molar-refractivity contribution in [1.82, 2.24) is 5.32 Å². The number of amides is 2. The van der Waals surface area contributed by atoms with E-state index in [9.17, 15) is 14.4 Å². The molecule has 5 atom stereocenters. The van der Waals surface area contributed by atoms with Crippen LogP contribution in [0.5, 0.6) is 0 Å². The first-order chi connectivity index (χ1) is 21.1. The molecule has 2 unspecified atom stereocenters. The van der Waals surface area contributed by atoms with Crippen LogP contribution in [-0.2, 0) is 39.8 Å². The summed E-state index contributed by atoms with van der Waals surface area (Å²) >= 11 is 0. The molecule has 11 nitrogen and oxygen atoms in total. The number of carbonyl (C=O) groups excluding carboxylic acids is 3. The number of esters is 1. The summed E-state index contributed by atoms with van der Waals surface area (Å²) in [6.07, 6.45) is -2.68. The molecule has 1 aliphatic rings. The lowest BCUT2D eigenvalue weighted by molar-refractivity contribution is -0.262. The van der Waals surface area contributed by atoms with Crippen LogP contribution in [0.25, 0.3) is 0 Å². The zero-order valence-electron chi connectivity index (χ0n) is 27.6. The number of benzene rings is 2. The lowest BCUT2D eigenvalue weighted by Gasteiger charge is -2.45. The van der Waals surface area contributed by atoms with E-state index in [-0.39, 0.29) is 24.7 Å². The van der Waals surface area contributed by atoms with E-state index >= 15 is 0 Å². The summed E-state index contributed by atoms with van der Waals surface area (Å²) in [5.41, 5.74) is 0.332. The predicted molar refractivity (Wildman–Crippen MR) is 169 cm³/mol. The molecule has 0 bridgehead atoms. The molecule has 0 aliphatic carbocycles. The summed E-state index contributed by atoms with van der Waals surface area (Å²) in [5, 5.41) is 5.64. The lowest BCUT2D eigenvalue weighted by atomic mass is 9.88. The number of anilines is 1. The summed E-state index contributed by atoms with van der Waals surface area (Å²) in [6, 6.07) is 15.5. The van der Waals surface area contributed by atoms with Crippen molar-refractivity contribution >= 4 is 23.7 Å². The quantitative estimate of drug-likeness (QED) is 0.294. The number of hydrogen-bond acceptors (Lipinski definition) is 9. The van der Waals surface area contributed by atoms with Gasteiger partial charge in [-0.3, -0.25) is 10.1 Å². The van der Waals surface area contributed by atoms with Gasteiger partial charge < -0.3 is 33.7 Å². The van der Waals surface area contributed by atoms with E-state index in [2.05, 4.69) is 10.6 Å². The highest BCUT2D eigenvalue weighted by Gasteiger charge is 2.46. The fraction of sp³-hybridized carbons (Fsp3) is 0.559. The van der Waals surface area contributed by atoms with Crippen molar-refractivity contribution in [3.05, 3.63) is 65.7 Å². The third-order valence-electron chi connectivity index (χ3n) is 6.67. The Labute approximate surface area is 266 Å². The van der Waals surface area contributed by atoms with Crippen molar-refractivity contribution in [2.75, 3.05) is 25.1 Å². The standard InChI is InChI=1S/C34H48N2O9/c1-9-41-31-28(36-30(38)24-16-13-17-25(18-24)35-32(39)45-34(6,7)8)29(42-21-27(37)44-33(3,4)5)22(2)26(43-31)20-40-19-23-14-11-10-12-15-23/h10-18,22,26,28-29,31H,9,19-21H2,1-8H3,(H,35,39)(H,36,38)/t22-,26?,28?,29+,31-/m1/s1. The summed E-state index contributed by atoms with van der Waals surface area (Å²) in [6.45, 7) is 15.0. The Hall–Kier alpha value is -3.51. The Morgan fingerprint density at radius 3 is 2.22 bits per heavy atom. The predicted octanol–water partition coefficient (Wildman–Crippen LogP) is 5.47. The van der Waals surface area contributed by atoms with Gasteiger partial charge in [0.25, 0.3) is 5.91 Å². The SMILES string of the molecule is CCO[C@@H]1OC(COCc2ccccc2)[C@@H](C)[C@H](OCC(=O)OC(C)(C)C)C1NC(=O)c1cccc(NC(=O)OC(C)(C)C)c1. The third-order valence-corrected chi connectivity index (χ3v) is 6.67. The molecule has 0 aromatic heterocycles. The molecular weight excluding hydrogens is 580 g/mol. The first-order valence-corrected chi connectivity index (χ1v) is 15.3. The first kappa shape index (κ1) is 36.0. The maximum absolute atomic E-state index is 13.6. The normalized spacial score (nSPS) is 21.9. The summed E-state index contributed by atoms with van der Waals surface area (Å²) < 4.78 is 35.2. The van der Waals surface area contributed by atoms with Crippen LogP contribution in [0.15, 0.2) is 54.6 Å². The van der Waals surface area contributed by atoms with Crippen LogP contribution in [-0.4, -0.2) is 73.5 Å². The van der Waals surface area contributed by atoms with Crippen molar-refractivity contribution in [2.45, 2.75) is 97.7 Å². The van der Waals surface area contributed by atoms with E-state index in [4.69, 9.17) is 28.4 Å². The Balaban J connectivity index is 1.79. The minimum Gasteiger partial charge on any atom is -0.458 e. The molecule has 3 rings (SSSR count). The minimum atomic E-state index is -0.896. The van der Waals surface area contributed by atoms with Crippen molar-refractivity contribution in [3.63, 3.8) is 0 Å². The topological polar surface area (TPSA) is 131 Å². The second-order valence-corrected chi connectivity index (χ2v) is 12.9. The monoisotopic (exact) mass is 628 g/mol. The molecular formula is C34H48N2O9. The van der Waals surface area contributed by atoms with Crippen molar-refractivity contribution < 1.29 is 42.8 Å². The van der Waals surface area contributed by atoms with Gasteiger partial charge in [0.2, 0.25) is 0 Å². The molecule has 0 radical (unpaired) electrons. The molecule has 2 aromatic rings. The second kappa shape index (κ2) is 16.2. The number of rotatable bonds is 12. The summed E-state index contributed by atoms with van der Waals surface area (Å²) in [7, 11) is 0. The third kappa shape index (κ3) is 12.1. The van der Waals surface area contributed by atoms with Gasteiger partial charge in [0.1, 0.15) is 23.9 Å². The van der Waals surface area contributed by atoms with E-state index in [1.54, 1.807) is 65.8 Å². The van der Waals surface area contributed by atoms with Gasteiger partial charge in [0, 0.05) is 23.8 Å². The molecule has 1 aliphatic heterocycles. The fourth-order valence-electron chi connectivity index (χ4n) is 4.77. The maximum atomic E-state index is 13.6. The highest BCUT2D eigenvalue weighted by molar-refractivity contribution is 5.96. The van der Waals surface area contributed by atoms with Crippen molar-refractivity contribution in [1.29, 1.82) is 0 Å². The molecule has 2 N–H and O–H groups in total. The molecule has 0 saturated carbocycles. The summed E-state index contributed by atoms with van der Waals surface area (Å²) in [4.78, 5) is 38.5. The van der Waals surface area contributed by atoms with E-state index in [0.717, 1.165) is 5.56 Å². The van der Waals surface area contributed by atoms with Crippen LogP contribution in [0, 0.1) is 5.92 Å². The van der Waals surface area contributed by atoms with Gasteiger partial charge >= 0.3 is 12.1 Å². The fourth-order valence-corrected chi connectivity index (χ4v) is 4.77. The lowest BCUT2D eigenvalue weighted by Crippen LogP contribution is -2.63. The first-order valence-electron chi connectivity index (χ1n) is 15.3. The molecule has 248 valence electrons. The zero-order chi connectivity index (χ0) is 33.2. The van der Waals surface area contributed by atoms with Crippen LogP contribution < -0.4 is 10.6 Å². The average Bonchev–Trinajstić information content (AvgIpc) is 2.93. The summed E-state index contributed by atoms with van der Waals surface area (Å²) in [5.74, 6) is -1.29. The average molecular weight is 629 g/mol. The van der Waals surface area contributed by atoms with Gasteiger partial charge in [-0.15, -0.1) is 0 Å². The Kier molecular flexibility index (Phi) is 12.9. The van der Waals surface area contributed by atoms with Gasteiger partial charge in [0.05, 0.1) is 25.4 Å². The smallest absolute Gasteiger partial charge is 0.412 e. The molecule has 2 aromatic carbocycles. The number of carbonyl (C=O) groups is 3. The van der Waals surface area contributed by atoms with Crippen molar-refractivity contribution in [3.8, 4) is 0 Å². The highest BCUT2D eigenvalue weighted by atomic mass is 16.7. The largest absolute Gasteiger partial charge is 0.458 e. The van der Waals surface area contributed by atoms with Crippen molar-refractivity contribution in [2.24, 2.45) is 5.92 Å². The molecule has 45 heavy (non-hydrogen) atoms. The number of hydrogen-bond donors (Lipinski definition) is 2. The molecule has 11 heteroatoms. The van der Waals surface area contributed by atoms with Crippen LogP contribution in [0.3, 0.4) is 0 Å². The molecule has 0 spiro atoms. The Morgan fingerprint density at radius 2 is 1.58 bits per heavy atom. The van der Waals surface area contributed by atoms with Crippen LogP contribution >= 0.6 is 0 Å². The molecule has 1 fully saturated rings.